The number of nitrogens with one attached hydrogen (secondary N) is 1. The third-order valence-corrected chi connectivity index (χ3v) is 8.23. The van der Waals surface area contributed by atoms with E-state index in [4.69, 9.17) is 0 Å². The van der Waals surface area contributed by atoms with Gasteiger partial charge in [0.05, 0.1) is 10.6 Å². The zero-order valence-electron chi connectivity index (χ0n) is 22.0. The molecule has 4 rings (SSSR count). The number of carbonyl (C=O) groups is 2. The van der Waals surface area contributed by atoms with Gasteiger partial charge in [-0.15, -0.1) is 0 Å². The molecule has 40 heavy (non-hydrogen) atoms. The quantitative estimate of drug-likeness (QED) is 0.295. The molecule has 0 saturated heterocycles. The van der Waals surface area contributed by atoms with Crippen molar-refractivity contribution in [2.75, 3.05) is 17.9 Å². The zero-order valence-corrected chi connectivity index (χ0v) is 22.8. The Balaban J connectivity index is 1.75. The van der Waals surface area contributed by atoms with Gasteiger partial charge in [-0.05, 0) is 47.5 Å². The van der Waals surface area contributed by atoms with E-state index in [1.165, 1.54) is 11.9 Å². The number of benzene rings is 4. The van der Waals surface area contributed by atoms with Crippen molar-refractivity contribution in [3.63, 3.8) is 0 Å². The Hall–Kier alpha value is -4.50. The summed E-state index contributed by atoms with van der Waals surface area (Å²) in [5.41, 5.74) is 1.89. The molecule has 206 valence electrons. The summed E-state index contributed by atoms with van der Waals surface area (Å²) >= 11 is 0. The van der Waals surface area contributed by atoms with Crippen molar-refractivity contribution in [2.45, 2.75) is 23.9 Å². The van der Waals surface area contributed by atoms with Gasteiger partial charge in [0.2, 0.25) is 11.8 Å². The molecular weight excluding hydrogens is 529 g/mol. The van der Waals surface area contributed by atoms with Crippen LogP contribution in [0.15, 0.2) is 120 Å². The van der Waals surface area contributed by atoms with Crippen LogP contribution in [0.1, 0.15) is 11.1 Å². The molecule has 9 heteroatoms. The van der Waals surface area contributed by atoms with Gasteiger partial charge in [-0.3, -0.25) is 13.9 Å². The van der Waals surface area contributed by atoms with Gasteiger partial charge in [0.1, 0.15) is 18.4 Å². The zero-order chi connectivity index (χ0) is 28.5. The lowest BCUT2D eigenvalue weighted by atomic mass is 10.0. The Labute approximate surface area is 233 Å². The molecule has 0 aliphatic carbocycles. The van der Waals surface area contributed by atoms with Crippen molar-refractivity contribution in [3.8, 4) is 0 Å². The molecule has 0 radical (unpaired) electrons. The highest BCUT2D eigenvalue weighted by Crippen LogP contribution is 2.25. The van der Waals surface area contributed by atoms with Crippen molar-refractivity contribution in [1.29, 1.82) is 0 Å². The molecule has 2 amide bonds. The molecule has 0 fully saturated rings. The Morgan fingerprint density at radius 1 is 0.775 bits per heavy atom. The van der Waals surface area contributed by atoms with Crippen LogP contribution in [0.25, 0.3) is 0 Å². The van der Waals surface area contributed by atoms with Crippen LogP contribution >= 0.6 is 0 Å². The van der Waals surface area contributed by atoms with Crippen molar-refractivity contribution >= 4 is 27.5 Å². The second-order valence-corrected chi connectivity index (χ2v) is 11.0. The minimum atomic E-state index is -4.26. The van der Waals surface area contributed by atoms with E-state index in [9.17, 15) is 22.4 Å². The molecule has 0 aliphatic heterocycles. The highest BCUT2D eigenvalue weighted by Gasteiger charge is 2.34. The first-order chi connectivity index (χ1) is 19.3. The molecule has 0 bridgehead atoms. The summed E-state index contributed by atoms with van der Waals surface area (Å²) in [5, 5.41) is 2.65. The molecule has 0 unspecified atom stereocenters. The van der Waals surface area contributed by atoms with Crippen LogP contribution < -0.4 is 9.62 Å². The number of para-hydroxylation sites is 1. The van der Waals surface area contributed by atoms with Gasteiger partial charge >= 0.3 is 0 Å². The molecule has 0 spiro atoms. The standard InChI is InChI=1S/C31H30FN3O4S/c1-33-31(37)29(21-24-11-5-2-6-12-24)34(22-25-13-7-3-8-14-25)30(36)23-35(27-15-9-4-10-16-27)40(38,39)28-19-17-26(32)18-20-28/h2-20,29H,21-23H2,1H3,(H,33,37)/t29-/m1/s1. The molecule has 4 aromatic carbocycles. The fourth-order valence-corrected chi connectivity index (χ4v) is 5.77. The van der Waals surface area contributed by atoms with Crippen LogP contribution in [0.5, 0.6) is 0 Å². The summed E-state index contributed by atoms with van der Waals surface area (Å²) in [7, 11) is -2.76. The van der Waals surface area contributed by atoms with E-state index >= 15 is 0 Å². The number of carbonyl (C=O) groups excluding carboxylic acids is 2. The number of sulfonamides is 1. The van der Waals surface area contributed by atoms with Crippen molar-refractivity contribution in [1.82, 2.24) is 10.2 Å². The van der Waals surface area contributed by atoms with Crippen LogP contribution in [0.3, 0.4) is 0 Å². The number of halogens is 1. The van der Waals surface area contributed by atoms with Crippen LogP contribution in [0, 0.1) is 5.82 Å². The maximum Gasteiger partial charge on any atom is 0.264 e. The Bertz CT molecular complexity index is 1520. The lowest BCUT2D eigenvalue weighted by molar-refractivity contribution is -0.139. The molecule has 0 aliphatic rings. The molecule has 0 saturated carbocycles. The minimum absolute atomic E-state index is 0.0871. The molecule has 4 aromatic rings. The van der Waals surface area contributed by atoms with E-state index in [1.54, 1.807) is 30.3 Å². The first kappa shape index (κ1) is 28.5. The molecule has 1 N–H and O–H groups in total. The number of hydrogen-bond donors (Lipinski definition) is 1. The third-order valence-electron chi connectivity index (χ3n) is 6.44. The topological polar surface area (TPSA) is 86.8 Å². The summed E-state index contributed by atoms with van der Waals surface area (Å²) in [6, 6.07) is 30.3. The van der Waals surface area contributed by atoms with E-state index in [0.717, 1.165) is 39.7 Å². The van der Waals surface area contributed by atoms with Gasteiger partial charge in [0.25, 0.3) is 10.0 Å². The molecular formula is C31H30FN3O4S. The number of nitrogens with zero attached hydrogens (tertiary/aromatic N) is 2. The Morgan fingerprint density at radius 3 is 1.85 bits per heavy atom. The Kier molecular flexibility index (Phi) is 9.29. The second kappa shape index (κ2) is 13.0. The maximum absolute atomic E-state index is 14.1. The van der Waals surface area contributed by atoms with Crippen molar-refractivity contribution < 1.29 is 22.4 Å². The SMILES string of the molecule is CNC(=O)[C@@H](Cc1ccccc1)N(Cc1ccccc1)C(=O)CN(c1ccccc1)S(=O)(=O)c1ccc(F)cc1. The minimum Gasteiger partial charge on any atom is -0.357 e. The summed E-state index contributed by atoms with van der Waals surface area (Å²) in [4.78, 5) is 28.5. The first-order valence-electron chi connectivity index (χ1n) is 12.7. The predicted molar refractivity (Wildman–Crippen MR) is 152 cm³/mol. The number of hydrogen-bond acceptors (Lipinski definition) is 4. The average Bonchev–Trinajstić information content (AvgIpc) is 2.98. The van der Waals surface area contributed by atoms with Crippen molar-refractivity contribution in [3.05, 3.63) is 132 Å². The summed E-state index contributed by atoms with van der Waals surface area (Å²) in [6.07, 6.45) is 0.231. The highest BCUT2D eigenvalue weighted by molar-refractivity contribution is 7.92. The van der Waals surface area contributed by atoms with E-state index < -0.39 is 34.3 Å². The van der Waals surface area contributed by atoms with Crippen LogP contribution in [-0.2, 0) is 32.6 Å². The number of anilines is 1. The van der Waals surface area contributed by atoms with Gasteiger partial charge in [-0.25, -0.2) is 12.8 Å². The van der Waals surface area contributed by atoms with Gasteiger partial charge in [-0.1, -0.05) is 78.9 Å². The Morgan fingerprint density at radius 2 is 1.30 bits per heavy atom. The fraction of sp³-hybridized carbons (Fsp3) is 0.161. The summed E-state index contributed by atoms with van der Waals surface area (Å²) < 4.78 is 42.1. The summed E-state index contributed by atoms with van der Waals surface area (Å²) in [6.45, 7) is -0.483. The van der Waals surface area contributed by atoms with Gasteiger partial charge < -0.3 is 10.2 Å². The van der Waals surface area contributed by atoms with E-state index in [1.807, 2.05) is 60.7 Å². The van der Waals surface area contributed by atoms with Crippen LogP contribution in [0.4, 0.5) is 10.1 Å². The van der Waals surface area contributed by atoms with E-state index in [2.05, 4.69) is 5.32 Å². The smallest absolute Gasteiger partial charge is 0.264 e. The molecule has 7 nitrogen and oxygen atoms in total. The molecule has 0 heterocycles. The third kappa shape index (κ3) is 6.92. The monoisotopic (exact) mass is 559 g/mol. The maximum atomic E-state index is 14.1. The van der Waals surface area contributed by atoms with Gasteiger partial charge in [0.15, 0.2) is 0 Å². The highest BCUT2D eigenvalue weighted by atomic mass is 32.2. The number of rotatable bonds is 11. The lowest BCUT2D eigenvalue weighted by Crippen LogP contribution is -2.53. The van der Waals surface area contributed by atoms with E-state index in [-0.39, 0.29) is 29.5 Å². The van der Waals surface area contributed by atoms with Gasteiger partial charge in [-0.2, -0.15) is 0 Å². The van der Waals surface area contributed by atoms with Crippen LogP contribution in [0.2, 0.25) is 0 Å². The van der Waals surface area contributed by atoms with Gasteiger partial charge in [0, 0.05) is 20.0 Å². The number of amides is 2. The number of likely N-dealkylation sites (N-methyl/N-ethyl adjacent to an activating group) is 1. The van der Waals surface area contributed by atoms with Crippen LogP contribution in [-0.4, -0.2) is 44.8 Å². The lowest BCUT2D eigenvalue weighted by Gasteiger charge is -2.33. The second-order valence-electron chi connectivity index (χ2n) is 9.13. The predicted octanol–water partition coefficient (Wildman–Crippen LogP) is 4.41. The average molecular weight is 560 g/mol. The fourth-order valence-electron chi connectivity index (χ4n) is 4.36. The molecule has 1 atom stereocenters. The summed E-state index contributed by atoms with van der Waals surface area (Å²) in [5.74, 6) is -1.52. The normalized spacial score (nSPS) is 11.8. The molecule has 0 aromatic heterocycles. The largest absolute Gasteiger partial charge is 0.357 e. The van der Waals surface area contributed by atoms with E-state index in [0.29, 0.717) is 0 Å². The van der Waals surface area contributed by atoms with Crippen molar-refractivity contribution in [2.24, 2.45) is 0 Å². The first-order valence-corrected chi connectivity index (χ1v) is 14.2.